The van der Waals surface area contributed by atoms with Gasteiger partial charge in [-0.1, -0.05) is 79.7 Å². The van der Waals surface area contributed by atoms with E-state index in [1.165, 1.54) is 35.8 Å². The number of ether oxygens (including phenoxy) is 1. The Bertz CT molecular complexity index is 1300. The van der Waals surface area contributed by atoms with E-state index >= 15 is 0 Å². The number of hydrogen-bond donors (Lipinski definition) is 1. The molecule has 1 unspecified atom stereocenters. The summed E-state index contributed by atoms with van der Waals surface area (Å²) in [7, 11) is 1.36. The summed E-state index contributed by atoms with van der Waals surface area (Å²) < 4.78 is 5.13. The highest BCUT2D eigenvalue weighted by Crippen LogP contribution is 2.42. The van der Waals surface area contributed by atoms with Gasteiger partial charge in [0, 0.05) is 15.3 Å². The van der Waals surface area contributed by atoms with Gasteiger partial charge in [-0.2, -0.15) is 0 Å². The van der Waals surface area contributed by atoms with Crippen LogP contribution in [0.15, 0.2) is 89.8 Å². The molecule has 1 heterocycles. The average molecular weight is 502 g/mol. The zero-order chi connectivity index (χ0) is 24.8. The molecule has 0 aliphatic heterocycles. The number of carbonyl (C=O) groups excluding carboxylic acids is 2. The van der Waals surface area contributed by atoms with Gasteiger partial charge in [0.2, 0.25) is 5.91 Å². The summed E-state index contributed by atoms with van der Waals surface area (Å²) >= 11 is 2.87. The topological polar surface area (TPSA) is 55.4 Å². The quantitative estimate of drug-likeness (QED) is 0.200. The molecular formula is C29H27NO3S2. The van der Waals surface area contributed by atoms with Gasteiger partial charge in [0.1, 0.15) is 15.8 Å². The number of benzene rings is 3. The van der Waals surface area contributed by atoms with Crippen molar-refractivity contribution in [3.05, 3.63) is 106 Å². The Morgan fingerprint density at radius 1 is 0.943 bits per heavy atom. The molecule has 0 aliphatic carbocycles. The summed E-state index contributed by atoms with van der Waals surface area (Å²) in [6.45, 7) is 4.07. The third kappa shape index (κ3) is 5.66. The maximum atomic E-state index is 13.6. The molecule has 178 valence electrons. The van der Waals surface area contributed by atoms with Crippen LogP contribution in [0.25, 0.3) is 11.1 Å². The minimum atomic E-state index is -0.487. The number of thiophene rings is 1. The largest absolute Gasteiger partial charge is 0.465 e. The van der Waals surface area contributed by atoms with E-state index in [9.17, 15) is 9.59 Å². The van der Waals surface area contributed by atoms with Crippen LogP contribution in [0.4, 0.5) is 5.00 Å². The van der Waals surface area contributed by atoms with Crippen molar-refractivity contribution in [1.82, 2.24) is 0 Å². The van der Waals surface area contributed by atoms with E-state index in [2.05, 4.69) is 24.4 Å². The van der Waals surface area contributed by atoms with Crippen molar-refractivity contribution in [2.24, 2.45) is 0 Å². The molecule has 0 aliphatic rings. The molecule has 6 heteroatoms. The minimum absolute atomic E-state index is 0.190. The molecule has 1 atom stereocenters. The SMILES string of the molecule is CCc1ccc(-c2c(C)sc(NC(=O)C(Sc3ccccc3)c3ccccc3)c2C(=O)OC)cc1. The highest BCUT2D eigenvalue weighted by Gasteiger charge is 2.28. The second-order valence-corrected chi connectivity index (χ2v) is 10.4. The molecule has 0 radical (unpaired) electrons. The summed E-state index contributed by atoms with van der Waals surface area (Å²) in [5.74, 6) is -0.657. The third-order valence-corrected chi connectivity index (χ3v) is 7.99. The van der Waals surface area contributed by atoms with Crippen LogP contribution in [-0.4, -0.2) is 19.0 Å². The Morgan fingerprint density at radius 2 is 1.57 bits per heavy atom. The van der Waals surface area contributed by atoms with E-state index in [4.69, 9.17) is 4.74 Å². The van der Waals surface area contributed by atoms with Gasteiger partial charge >= 0.3 is 5.97 Å². The Balaban J connectivity index is 1.71. The molecular weight excluding hydrogens is 474 g/mol. The number of rotatable bonds is 8. The molecule has 3 aromatic carbocycles. The van der Waals surface area contributed by atoms with Gasteiger partial charge in [0.15, 0.2) is 0 Å². The van der Waals surface area contributed by atoms with Gasteiger partial charge < -0.3 is 10.1 Å². The number of aryl methyl sites for hydroxylation is 2. The van der Waals surface area contributed by atoms with E-state index in [1.54, 1.807) is 0 Å². The first-order valence-electron chi connectivity index (χ1n) is 11.4. The number of carbonyl (C=O) groups is 2. The summed E-state index contributed by atoms with van der Waals surface area (Å²) in [4.78, 5) is 28.5. The fourth-order valence-corrected chi connectivity index (χ4v) is 6.01. The predicted octanol–water partition coefficient (Wildman–Crippen LogP) is 7.54. The van der Waals surface area contributed by atoms with Gasteiger partial charge in [-0.25, -0.2) is 4.79 Å². The van der Waals surface area contributed by atoms with Crippen LogP contribution in [0.5, 0.6) is 0 Å². The lowest BCUT2D eigenvalue weighted by atomic mass is 9.99. The maximum absolute atomic E-state index is 13.6. The number of anilines is 1. The molecule has 4 nitrogen and oxygen atoms in total. The molecule has 1 N–H and O–H groups in total. The Kier molecular flexibility index (Phi) is 8.06. The Morgan fingerprint density at radius 3 is 2.17 bits per heavy atom. The van der Waals surface area contributed by atoms with Crippen molar-refractivity contribution in [2.75, 3.05) is 12.4 Å². The van der Waals surface area contributed by atoms with E-state index in [0.717, 1.165) is 32.9 Å². The van der Waals surface area contributed by atoms with E-state index in [-0.39, 0.29) is 5.91 Å². The third-order valence-electron chi connectivity index (χ3n) is 5.70. The smallest absolute Gasteiger partial charge is 0.341 e. The molecule has 0 bridgehead atoms. The molecule has 0 saturated heterocycles. The first-order valence-corrected chi connectivity index (χ1v) is 13.1. The summed E-state index contributed by atoms with van der Waals surface area (Å²) in [5, 5.41) is 3.07. The summed E-state index contributed by atoms with van der Waals surface area (Å²) in [6.07, 6.45) is 0.939. The van der Waals surface area contributed by atoms with Crippen LogP contribution in [0.2, 0.25) is 0 Å². The van der Waals surface area contributed by atoms with Crippen LogP contribution in [0, 0.1) is 6.92 Å². The molecule has 4 aromatic rings. The first kappa shape index (κ1) is 24.8. The molecule has 1 aromatic heterocycles. The molecule has 4 rings (SSSR count). The van der Waals surface area contributed by atoms with Crippen LogP contribution < -0.4 is 5.32 Å². The van der Waals surface area contributed by atoms with E-state index in [0.29, 0.717) is 10.6 Å². The van der Waals surface area contributed by atoms with Crippen LogP contribution >= 0.6 is 23.1 Å². The lowest BCUT2D eigenvalue weighted by Crippen LogP contribution is -2.20. The van der Waals surface area contributed by atoms with Crippen molar-refractivity contribution in [3.63, 3.8) is 0 Å². The number of amides is 1. The minimum Gasteiger partial charge on any atom is -0.465 e. The average Bonchev–Trinajstić information content (AvgIpc) is 3.23. The molecule has 0 fully saturated rings. The standard InChI is InChI=1S/C29H27NO3S2/c1-4-20-15-17-21(18-16-20)24-19(2)34-28(25(24)29(32)33-3)30-27(31)26(22-11-7-5-8-12-22)35-23-13-9-6-10-14-23/h5-18,26H,4H2,1-3H3,(H,30,31). The molecule has 35 heavy (non-hydrogen) atoms. The number of thioether (sulfide) groups is 1. The van der Waals surface area contributed by atoms with Gasteiger partial charge in [0.25, 0.3) is 0 Å². The second-order valence-electron chi connectivity index (χ2n) is 7.99. The highest BCUT2D eigenvalue weighted by atomic mass is 32.2. The van der Waals surface area contributed by atoms with E-state index < -0.39 is 11.2 Å². The lowest BCUT2D eigenvalue weighted by molar-refractivity contribution is -0.115. The number of nitrogens with one attached hydrogen (secondary N) is 1. The van der Waals surface area contributed by atoms with Gasteiger partial charge in [-0.15, -0.1) is 23.1 Å². The Hall–Kier alpha value is -3.35. The van der Waals surface area contributed by atoms with Gasteiger partial charge in [-0.3, -0.25) is 4.79 Å². The van der Waals surface area contributed by atoms with Crippen molar-refractivity contribution in [2.45, 2.75) is 30.4 Å². The van der Waals surface area contributed by atoms with Crippen LogP contribution in [0.3, 0.4) is 0 Å². The number of esters is 1. The van der Waals surface area contributed by atoms with Gasteiger partial charge in [-0.05, 0) is 42.2 Å². The number of methoxy groups -OCH3 is 1. The molecule has 0 spiro atoms. The Labute approximate surface area is 214 Å². The van der Waals surface area contributed by atoms with E-state index in [1.807, 2.05) is 79.7 Å². The molecule has 0 saturated carbocycles. The number of hydrogen-bond acceptors (Lipinski definition) is 5. The highest BCUT2D eigenvalue weighted by molar-refractivity contribution is 8.00. The second kappa shape index (κ2) is 11.4. The van der Waals surface area contributed by atoms with Crippen LogP contribution in [0.1, 0.15) is 38.5 Å². The normalized spacial score (nSPS) is 11.6. The predicted molar refractivity (Wildman–Crippen MR) is 145 cm³/mol. The zero-order valence-corrected chi connectivity index (χ0v) is 21.5. The maximum Gasteiger partial charge on any atom is 0.341 e. The van der Waals surface area contributed by atoms with Crippen molar-refractivity contribution >= 4 is 40.0 Å². The molecule has 1 amide bonds. The van der Waals surface area contributed by atoms with Gasteiger partial charge in [0.05, 0.1) is 7.11 Å². The fraction of sp³-hybridized carbons (Fsp3) is 0.172. The first-order chi connectivity index (χ1) is 17.0. The summed E-state index contributed by atoms with van der Waals surface area (Å²) in [5.41, 5.74) is 4.23. The fourth-order valence-electron chi connectivity index (χ4n) is 3.90. The lowest BCUT2D eigenvalue weighted by Gasteiger charge is -2.17. The monoisotopic (exact) mass is 501 g/mol. The van der Waals surface area contributed by atoms with Crippen molar-refractivity contribution < 1.29 is 14.3 Å². The van der Waals surface area contributed by atoms with Crippen molar-refractivity contribution in [1.29, 1.82) is 0 Å². The van der Waals surface area contributed by atoms with Crippen LogP contribution in [-0.2, 0) is 16.0 Å². The summed E-state index contributed by atoms with van der Waals surface area (Å²) in [6, 6.07) is 27.7. The zero-order valence-electron chi connectivity index (χ0n) is 19.9. The van der Waals surface area contributed by atoms with Crippen molar-refractivity contribution in [3.8, 4) is 11.1 Å².